The minimum atomic E-state index is -1.44. The monoisotopic (exact) mass is 606 g/mol. The lowest BCUT2D eigenvalue weighted by Gasteiger charge is -2.29. The molecule has 1 saturated carbocycles. The van der Waals surface area contributed by atoms with E-state index in [-0.39, 0.29) is 5.69 Å². The van der Waals surface area contributed by atoms with Crippen molar-refractivity contribution in [1.82, 2.24) is 0 Å². The van der Waals surface area contributed by atoms with Gasteiger partial charge in [-0.2, -0.15) is 4.90 Å². The molecule has 0 bridgehead atoms. The van der Waals surface area contributed by atoms with E-state index >= 15 is 0 Å². The van der Waals surface area contributed by atoms with Gasteiger partial charge >= 0.3 is 12.2 Å². The van der Waals surface area contributed by atoms with Crippen LogP contribution in [-0.4, -0.2) is 33.6 Å². The van der Waals surface area contributed by atoms with Crippen molar-refractivity contribution >= 4 is 75.9 Å². The Morgan fingerprint density at radius 3 is 1.87 bits per heavy atom. The second-order valence-electron chi connectivity index (χ2n) is 10.8. The third-order valence-corrected chi connectivity index (χ3v) is 6.56. The van der Waals surface area contributed by atoms with E-state index in [0.717, 1.165) is 12.1 Å². The van der Waals surface area contributed by atoms with Gasteiger partial charge in [0.05, 0.1) is 11.6 Å². The van der Waals surface area contributed by atoms with Gasteiger partial charge in [0.2, 0.25) is 5.91 Å². The fourth-order valence-corrected chi connectivity index (χ4v) is 5.06. The molecule has 1 aliphatic carbocycles. The molecule has 0 aromatic heterocycles. The first kappa shape index (κ1) is 30.3. The van der Waals surface area contributed by atoms with Gasteiger partial charge in [-0.3, -0.25) is 4.79 Å². The topological polar surface area (TPSA) is 84.9 Å². The van der Waals surface area contributed by atoms with Gasteiger partial charge in [-0.05, 0) is 83.5 Å². The molecule has 7 nitrogen and oxygen atoms in total. The molecule has 0 saturated heterocycles. The van der Waals surface area contributed by atoms with Crippen LogP contribution in [0.2, 0.25) is 10.0 Å². The Kier molecular flexibility index (Phi) is 8.54. The first-order valence-electron chi connectivity index (χ1n) is 11.5. The maximum Gasteiger partial charge on any atom is 0.424 e. The standard InChI is InChI=1S/C26H27Cl4FN2O5/c1-24(2,3)37-22(35)33(23(36)38-25(4,5)6)18-12-16(7-8-17(18)31)32-21(34)20-19(26(20,29)30)13-9-14(27)11-15(28)10-13/h7-12,19-20H,1-6H3,(H,32,34)/t19-,20+/m0/s1. The SMILES string of the molecule is CC(C)(C)OC(=O)N(C(=O)OC(C)(C)C)c1cc(NC(=O)[C@H]2[C@H](c3cc(Cl)cc(Cl)c3)C2(Cl)Cl)ccc1F. The van der Waals surface area contributed by atoms with E-state index in [9.17, 15) is 18.8 Å². The summed E-state index contributed by atoms with van der Waals surface area (Å²) < 4.78 is 24.1. The van der Waals surface area contributed by atoms with Gasteiger partial charge < -0.3 is 14.8 Å². The van der Waals surface area contributed by atoms with Crippen LogP contribution in [-0.2, 0) is 14.3 Å². The Morgan fingerprint density at radius 1 is 0.895 bits per heavy atom. The van der Waals surface area contributed by atoms with E-state index < -0.39 is 57.0 Å². The van der Waals surface area contributed by atoms with Crippen molar-refractivity contribution in [3.8, 4) is 0 Å². The molecule has 0 aliphatic heterocycles. The van der Waals surface area contributed by atoms with E-state index in [1.165, 1.54) is 12.1 Å². The number of ether oxygens (including phenoxy) is 2. The van der Waals surface area contributed by atoms with Crippen molar-refractivity contribution in [3.05, 3.63) is 57.8 Å². The van der Waals surface area contributed by atoms with E-state index in [0.29, 0.717) is 20.5 Å². The van der Waals surface area contributed by atoms with Gasteiger partial charge in [0.1, 0.15) is 21.4 Å². The largest absolute Gasteiger partial charge is 0.443 e. The van der Waals surface area contributed by atoms with Crippen molar-refractivity contribution in [1.29, 1.82) is 0 Å². The molecule has 3 rings (SSSR count). The first-order chi connectivity index (χ1) is 17.3. The highest BCUT2D eigenvalue weighted by atomic mass is 35.5. The van der Waals surface area contributed by atoms with Crippen molar-refractivity contribution < 1.29 is 28.2 Å². The van der Waals surface area contributed by atoms with E-state index in [1.54, 1.807) is 53.7 Å². The van der Waals surface area contributed by atoms with E-state index in [2.05, 4.69) is 5.32 Å². The molecule has 1 N–H and O–H groups in total. The number of benzene rings is 2. The Morgan fingerprint density at radius 2 is 1.39 bits per heavy atom. The maximum atomic E-state index is 15.0. The minimum absolute atomic E-state index is 0.0717. The number of rotatable bonds is 4. The first-order valence-corrected chi connectivity index (χ1v) is 13.0. The molecule has 0 radical (unpaired) electrons. The van der Waals surface area contributed by atoms with Gasteiger partial charge in [0, 0.05) is 21.7 Å². The molecule has 1 aliphatic rings. The Hall–Kier alpha value is -2.26. The van der Waals surface area contributed by atoms with Gasteiger partial charge in [0.15, 0.2) is 0 Å². The van der Waals surface area contributed by atoms with Crippen LogP contribution in [0, 0.1) is 11.7 Å². The van der Waals surface area contributed by atoms with E-state index in [4.69, 9.17) is 55.9 Å². The predicted octanol–water partition coefficient (Wildman–Crippen LogP) is 8.34. The van der Waals surface area contributed by atoms with Crippen LogP contribution in [0.25, 0.3) is 0 Å². The number of carbonyl (C=O) groups excluding carboxylic acids is 3. The van der Waals surface area contributed by atoms with Gasteiger partial charge in [0.25, 0.3) is 0 Å². The molecule has 3 amide bonds. The summed E-state index contributed by atoms with van der Waals surface area (Å²) in [5, 5.41) is 3.33. The summed E-state index contributed by atoms with van der Waals surface area (Å²) in [5.74, 6) is -3.00. The molecule has 38 heavy (non-hydrogen) atoms. The lowest BCUT2D eigenvalue weighted by molar-refractivity contribution is -0.117. The number of hydrogen-bond donors (Lipinski definition) is 1. The maximum absolute atomic E-state index is 15.0. The Bertz CT molecular complexity index is 1230. The Balaban J connectivity index is 1.91. The van der Waals surface area contributed by atoms with Crippen LogP contribution in [0.15, 0.2) is 36.4 Å². The van der Waals surface area contributed by atoms with Crippen LogP contribution < -0.4 is 10.2 Å². The highest BCUT2D eigenvalue weighted by Crippen LogP contribution is 2.65. The smallest absolute Gasteiger partial charge is 0.424 e. The summed E-state index contributed by atoms with van der Waals surface area (Å²) in [6.45, 7) is 9.55. The number of halogens is 5. The fraction of sp³-hybridized carbons (Fsp3) is 0.423. The second-order valence-corrected chi connectivity index (χ2v) is 13.1. The predicted molar refractivity (Wildman–Crippen MR) is 147 cm³/mol. The Labute approximate surface area is 240 Å². The molecular formula is C26H27Cl4FN2O5. The zero-order chi connectivity index (χ0) is 28.8. The number of carbonyl (C=O) groups is 3. The van der Waals surface area contributed by atoms with Crippen LogP contribution in [0.5, 0.6) is 0 Å². The molecule has 0 unspecified atom stereocenters. The van der Waals surface area contributed by atoms with Crippen LogP contribution >= 0.6 is 46.4 Å². The number of alkyl halides is 2. The third kappa shape index (κ3) is 7.23. The van der Waals surface area contributed by atoms with E-state index in [1.807, 2.05) is 0 Å². The summed E-state index contributed by atoms with van der Waals surface area (Å²) in [6, 6.07) is 8.12. The zero-order valence-electron chi connectivity index (χ0n) is 21.5. The lowest BCUT2D eigenvalue weighted by atomic mass is 10.1. The summed E-state index contributed by atoms with van der Waals surface area (Å²) in [4.78, 5) is 39.4. The van der Waals surface area contributed by atoms with Crippen molar-refractivity contribution in [3.63, 3.8) is 0 Å². The number of hydrogen-bond acceptors (Lipinski definition) is 5. The zero-order valence-corrected chi connectivity index (χ0v) is 24.5. The molecule has 0 heterocycles. The molecule has 1 fully saturated rings. The van der Waals surface area contributed by atoms with Crippen LogP contribution in [0.1, 0.15) is 53.0 Å². The summed E-state index contributed by atoms with van der Waals surface area (Å²) >= 11 is 25.0. The summed E-state index contributed by atoms with van der Waals surface area (Å²) in [5.41, 5.74) is -1.82. The molecule has 2 aromatic carbocycles. The number of anilines is 2. The number of imide groups is 1. The second kappa shape index (κ2) is 10.7. The quantitative estimate of drug-likeness (QED) is 0.353. The highest BCUT2D eigenvalue weighted by Gasteiger charge is 2.67. The van der Waals surface area contributed by atoms with Gasteiger partial charge in [-0.25, -0.2) is 14.0 Å². The highest BCUT2D eigenvalue weighted by molar-refractivity contribution is 6.53. The average molecular weight is 608 g/mol. The lowest BCUT2D eigenvalue weighted by Crippen LogP contribution is -2.44. The minimum Gasteiger partial charge on any atom is -0.443 e. The summed E-state index contributed by atoms with van der Waals surface area (Å²) in [6.07, 6.45) is -2.32. The fourth-order valence-electron chi connectivity index (χ4n) is 3.69. The van der Waals surface area contributed by atoms with Crippen LogP contribution in [0.3, 0.4) is 0 Å². The number of amides is 3. The number of nitrogens with zero attached hydrogens (tertiary/aromatic N) is 1. The van der Waals surface area contributed by atoms with Crippen molar-refractivity contribution in [2.45, 2.75) is 63.0 Å². The molecule has 206 valence electrons. The molecular weight excluding hydrogens is 581 g/mol. The van der Waals surface area contributed by atoms with Gasteiger partial charge in [-0.1, -0.05) is 23.2 Å². The van der Waals surface area contributed by atoms with Crippen molar-refractivity contribution in [2.24, 2.45) is 5.92 Å². The molecule has 0 spiro atoms. The third-order valence-electron chi connectivity index (χ3n) is 5.19. The number of nitrogens with one attached hydrogen (secondary N) is 1. The molecule has 12 heteroatoms. The summed E-state index contributed by atoms with van der Waals surface area (Å²) in [7, 11) is 0. The van der Waals surface area contributed by atoms with Crippen molar-refractivity contribution in [2.75, 3.05) is 10.2 Å². The normalized spacial score (nSPS) is 18.4. The van der Waals surface area contributed by atoms with Gasteiger partial charge in [-0.15, -0.1) is 23.2 Å². The molecule has 2 atom stereocenters. The average Bonchev–Trinajstić information content (AvgIpc) is 3.29. The van der Waals surface area contributed by atoms with Crippen LogP contribution in [0.4, 0.5) is 25.4 Å². The molecule has 2 aromatic rings.